The first-order valence-electron chi connectivity index (χ1n) is 8.49. The number of fused-ring (bicyclic) bond motifs is 1. The monoisotopic (exact) mass is 367 g/mol. The van der Waals surface area contributed by atoms with Gasteiger partial charge >= 0.3 is 12.0 Å². The molecule has 1 unspecified atom stereocenters. The van der Waals surface area contributed by atoms with E-state index in [1.165, 1.54) is 22.4 Å². The van der Waals surface area contributed by atoms with E-state index < -0.39 is 18.0 Å². The first-order valence-corrected chi connectivity index (χ1v) is 9.37. The van der Waals surface area contributed by atoms with Crippen LogP contribution < -0.4 is 5.32 Å². The number of carboxylic acids is 1. The average Bonchev–Trinajstić information content (AvgIpc) is 3.06. The molecule has 1 aliphatic rings. The summed E-state index contributed by atoms with van der Waals surface area (Å²) in [5.41, 5.74) is 1.18. The lowest BCUT2D eigenvalue weighted by atomic mass is 10.1. The van der Waals surface area contributed by atoms with Gasteiger partial charge in [0.25, 0.3) is 0 Å². The zero-order chi connectivity index (χ0) is 18.4. The van der Waals surface area contributed by atoms with Crippen molar-refractivity contribution < 1.29 is 19.5 Å². The van der Waals surface area contributed by atoms with E-state index in [-0.39, 0.29) is 18.9 Å². The molecule has 7 nitrogen and oxygen atoms in total. The number of rotatable bonds is 7. The maximum absolute atomic E-state index is 12.8. The Bertz CT molecular complexity index is 631. The summed E-state index contributed by atoms with van der Waals surface area (Å²) >= 11 is 1.72. The molecule has 8 heteroatoms. The van der Waals surface area contributed by atoms with Crippen LogP contribution in [0.1, 0.15) is 36.6 Å². The van der Waals surface area contributed by atoms with Gasteiger partial charge in [-0.3, -0.25) is 9.59 Å². The van der Waals surface area contributed by atoms with E-state index in [4.69, 9.17) is 5.11 Å². The largest absolute Gasteiger partial charge is 0.481 e. The highest BCUT2D eigenvalue weighted by molar-refractivity contribution is 7.10. The number of nitrogens with one attached hydrogen (secondary N) is 1. The molecule has 0 aliphatic carbocycles. The van der Waals surface area contributed by atoms with Crippen molar-refractivity contribution in [3.05, 3.63) is 21.9 Å². The van der Waals surface area contributed by atoms with Gasteiger partial charge in [0.15, 0.2) is 0 Å². The van der Waals surface area contributed by atoms with Crippen LogP contribution in [0, 0.1) is 0 Å². The van der Waals surface area contributed by atoms with E-state index >= 15 is 0 Å². The Morgan fingerprint density at radius 3 is 2.88 bits per heavy atom. The highest BCUT2D eigenvalue weighted by Gasteiger charge is 2.29. The SMILES string of the molecule is CCCC(NC(=O)N(C)CCC(=O)O)C(=O)N1CCc2sccc2C1. The van der Waals surface area contributed by atoms with Crippen LogP contribution in [-0.2, 0) is 22.6 Å². The van der Waals surface area contributed by atoms with Gasteiger partial charge in [-0.15, -0.1) is 11.3 Å². The molecule has 3 amide bonds. The number of urea groups is 1. The molecule has 0 aromatic carbocycles. The van der Waals surface area contributed by atoms with Crippen LogP contribution >= 0.6 is 11.3 Å². The molecule has 2 rings (SSSR count). The fourth-order valence-corrected chi connectivity index (χ4v) is 3.72. The van der Waals surface area contributed by atoms with Crippen LogP contribution in [0.3, 0.4) is 0 Å². The minimum Gasteiger partial charge on any atom is -0.481 e. The van der Waals surface area contributed by atoms with Crippen molar-refractivity contribution in [3.63, 3.8) is 0 Å². The summed E-state index contributed by atoms with van der Waals surface area (Å²) in [6.07, 6.45) is 2.06. The first kappa shape index (κ1) is 19.2. The van der Waals surface area contributed by atoms with Crippen molar-refractivity contribution in [2.45, 2.75) is 45.2 Å². The predicted octanol–water partition coefficient (Wildman–Crippen LogP) is 1.92. The molecule has 1 aliphatic heterocycles. The lowest BCUT2D eigenvalue weighted by Crippen LogP contribution is -2.52. The molecule has 2 heterocycles. The number of carboxylic acid groups (broad SMARTS) is 1. The maximum Gasteiger partial charge on any atom is 0.317 e. The minimum atomic E-state index is -0.958. The van der Waals surface area contributed by atoms with Crippen molar-refractivity contribution in [3.8, 4) is 0 Å². The van der Waals surface area contributed by atoms with Crippen LogP contribution in [0.2, 0.25) is 0 Å². The van der Waals surface area contributed by atoms with Gasteiger partial charge in [0.1, 0.15) is 6.04 Å². The first-order chi connectivity index (χ1) is 11.9. The summed E-state index contributed by atoms with van der Waals surface area (Å²) in [4.78, 5) is 40.1. The van der Waals surface area contributed by atoms with Crippen molar-refractivity contribution in [1.29, 1.82) is 0 Å². The third-order valence-corrected chi connectivity index (χ3v) is 5.32. The molecule has 0 saturated heterocycles. The molecule has 1 aromatic rings. The summed E-state index contributed by atoms with van der Waals surface area (Å²) in [6, 6.07) is 1.05. The lowest BCUT2D eigenvalue weighted by Gasteiger charge is -2.31. The van der Waals surface area contributed by atoms with Crippen LogP contribution in [0.25, 0.3) is 0 Å². The smallest absolute Gasteiger partial charge is 0.317 e. The Labute approximate surface area is 151 Å². The standard InChI is InChI=1S/C17H25N3O4S/c1-3-4-13(18-17(24)19(2)8-6-15(21)22)16(23)20-9-5-14-12(11-20)7-10-25-14/h7,10,13H,3-6,8-9,11H2,1-2H3,(H,18,24)(H,21,22). The summed E-state index contributed by atoms with van der Waals surface area (Å²) in [7, 11) is 1.53. The molecule has 25 heavy (non-hydrogen) atoms. The van der Waals surface area contributed by atoms with Gasteiger partial charge in [0.05, 0.1) is 6.42 Å². The third kappa shape index (κ3) is 5.19. The molecule has 1 aromatic heterocycles. The Balaban J connectivity index is 1.96. The highest BCUT2D eigenvalue weighted by Crippen LogP contribution is 2.24. The molecule has 0 fully saturated rings. The fraction of sp³-hybridized carbons (Fsp3) is 0.588. The van der Waals surface area contributed by atoms with Crippen molar-refractivity contribution >= 4 is 29.2 Å². The normalized spacial score (nSPS) is 14.6. The van der Waals surface area contributed by atoms with Crippen LogP contribution in [0.4, 0.5) is 4.79 Å². The van der Waals surface area contributed by atoms with Gasteiger partial charge < -0.3 is 20.2 Å². The number of hydrogen-bond acceptors (Lipinski definition) is 4. The van der Waals surface area contributed by atoms with Crippen LogP contribution in [0.15, 0.2) is 11.4 Å². The second-order valence-corrected chi connectivity index (χ2v) is 7.24. The van der Waals surface area contributed by atoms with Crippen LogP contribution in [-0.4, -0.2) is 59.0 Å². The Kier molecular flexibility index (Phi) is 6.81. The van der Waals surface area contributed by atoms with E-state index in [1.807, 2.05) is 18.4 Å². The van der Waals surface area contributed by atoms with Crippen molar-refractivity contribution in [1.82, 2.24) is 15.1 Å². The van der Waals surface area contributed by atoms with E-state index in [0.29, 0.717) is 19.5 Å². The molecular formula is C17H25N3O4S. The number of aliphatic carboxylic acids is 1. The second kappa shape index (κ2) is 8.84. The molecule has 138 valence electrons. The maximum atomic E-state index is 12.8. The van der Waals surface area contributed by atoms with Gasteiger partial charge in [-0.05, 0) is 29.9 Å². The number of hydrogen-bond donors (Lipinski definition) is 2. The molecule has 1 atom stereocenters. The van der Waals surface area contributed by atoms with Gasteiger partial charge in [-0.25, -0.2) is 4.79 Å². The Morgan fingerprint density at radius 1 is 1.44 bits per heavy atom. The van der Waals surface area contributed by atoms with Gasteiger partial charge in [0.2, 0.25) is 5.91 Å². The lowest BCUT2D eigenvalue weighted by molar-refractivity contribution is -0.137. The van der Waals surface area contributed by atoms with Gasteiger partial charge in [-0.2, -0.15) is 0 Å². The predicted molar refractivity (Wildman–Crippen MR) is 95.6 cm³/mol. The average molecular weight is 367 g/mol. The van der Waals surface area contributed by atoms with E-state index in [1.54, 1.807) is 16.2 Å². The topological polar surface area (TPSA) is 90.0 Å². The Morgan fingerprint density at radius 2 is 2.20 bits per heavy atom. The van der Waals surface area contributed by atoms with Crippen molar-refractivity contribution in [2.24, 2.45) is 0 Å². The number of carbonyl (C=O) groups excluding carboxylic acids is 2. The summed E-state index contributed by atoms with van der Waals surface area (Å²) in [5, 5.41) is 13.5. The summed E-state index contributed by atoms with van der Waals surface area (Å²) in [6.45, 7) is 3.32. The Hall–Kier alpha value is -2.09. The number of thiophene rings is 1. The third-order valence-electron chi connectivity index (χ3n) is 4.30. The molecular weight excluding hydrogens is 342 g/mol. The van der Waals surface area contributed by atoms with Crippen LogP contribution in [0.5, 0.6) is 0 Å². The molecule has 0 radical (unpaired) electrons. The number of carbonyl (C=O) groups is 3. The number of amides is 3. The number of nitrogens with zero attached hydrogens (tertiary/aromatic N) is 2. The summed E-state index contributed by atoms with van der Waals surface area (Å²) in [5.74, 6) is -1.03. The van der Waals surface area contributed by atoms with Gasteiger partial charge in [-0.1, -0.05) is 13.3 Å². The summed E-state index contributed by atoms with van der Waals surface area (Å²) < 4.78 is 0. The van der Waals surface area contributed by atoms with Gasteiger partial charge in [0, 0.05) is 31.6 Å². The molecule has 0 saturated carbocycles. The zero-order valence-electron chi connectivity index (χ0n) is 14.7. The highest BCUT2D eigenvalue weighted by atomic mass is 32.1. The molecule has 2 N–H and O–H groups in total. The molecule has 0 bridgehead atoms. The van der Waals surface area contributed by atoms with E-state index in [0.717, 1.165) is 12.8 Å². The van der Waals surface area contributed by atoms with E-state index in [9.17, 15) is 14.4 Å². The minimum absolute atomic E-state index is 0.0707. The van der Waals surface area contributed by atoms with E-state index in [2.05, 4.69) is 5.32 Å². The fourth-order valence-electron chi connectivity index (χ4n) is 2.83. The molecule has 0 spiro atoms. The zero-order valence-corrected chi connectivity index (χ0v) is 15.5. The quantitative estimate of drug-likeness (QED) is 0.770. The van der Waals surface area contributed by atoms with Crippen molar-refractivity contribution in [2.75, 3.05) is 20.1 Å². The second-order valence-electron chi connectivity index (χ2n) is 6.23.